The predicted octanol–water partition coefficient (Wildman–Crippen LogP) is 6.37. The second kappa shape index (κ2) is 22.3. The Kier molecular flexibility index (Phi) is 18.2. The first-order valence-electron chi connectivity index (χ1n) is 17.0. The molecular weight excluding hydrogens is 654 g/mol. The lowest BCUT2D eigenvalue weighted by molar-refractivity contribution is -0.137. The largest absolute Gasteiger partial charge is 0.495 e. The van der Waals surface area contributed by atoms with Crippen LogP contribution in [-0.2, 0) is 16.0 Å². The Labute approximate surface area is 301 Å². The van der Waals surface area contributed by atoms with Crippen LogP contribution in [0.15, 0.2) is 66.7 Å². The quantitative estimate of drug-likeness (QED) is 0.129. The first-order chi connectivity index (χ1) is 24.5. The number of nitrogens with one attached hydrogen (secondary N) is 2. The number of carboxylic acids is 1. The van der Waals surface area contributed by atoms with E-state index in [2.05, 4.69) is 10.6 Å². The number of anilines is 2. The minimum atomic E-state index is -0.988. The fourth-order valence-corrected chi connectivity index (χ4v) is 4.96. The third-order valence-electron chi connectivity index (χ3n) is 7.77. The molecule has 3 N–H and O–H groups in total. The summed E-state index contributed by atoms with van der Waals surface area (Å²) < 4.78 is 16.6. The summed E-state index contributed by atoms with van der Waals surface area (Å²) in [5, 5.41) is 14.8. The lowest BCUT2D eigenvalue weighted by Crippen LogP contribution is -2.44. The van der Waals surface area contributed by atoms with Crippen molar-refractivity contribution in [3.05, 3.63) is 77.9 Å². The molecule has 0 unspecified atom stereocenters. The number of amides is 5. The molecule has 0 fully saturated rings. The summed E-state index contributed by atoms with van der Waals surface area (Å²) >= 11 is 0. The Morgan fingerprint density at radius 2 is 1.35 bits per heavy atom. The van der Waals surface area contributed by atoms with Crippen LogP contribution in [0.5, 0.6) is 17.2 Å². The zero-order valence-electron chi connectivity index (χ0n) is 30.9. The van der Waals surface area contributed by atoms with Gasteiger partial charge in [-0.2, -0.15) is 0 Å². The topological polar surface area (TPSA) is 150 Å². The molecule has 0 aromatic heterocycles. The highest BCUT2D eigenvalue weighted by Crippen LogP contribution is 2.27. The molecule has 5 amide bonds. The number of aryl methyl sites for hydroxylation is 1. The Morgan fingerprint density at radius 1 is 0.725 bits per heavy atom. The van der Waals surface area contributed by atoms with E-state index in [1.165, 1.54) is 16.9 Å². The van der Waals surface area contributed by atoms with Gasteiger partial charge in [-0.25, -0.2) is 9.59 Å². The van der Waals surface area contributed by atoms with Gasteiger partial charge in [-0.3, -0.25) is 9.59 Å². The highest BCUT2D eigenvalue weighted by Gasteiger charge is 2.20. The van der Waals surface area contributed by atoms with E-state index < -0.39 is 12.0 Å². The number of benzene rings is 3. The molecule has 13 heteroatoms. The number of hydrogen-bond acceptors (Lipinski definition) is 7. The first-order valence-corrected chi connectivity index (χ1v) is 17.0. The summed E-state index contributed by atoms with van der Waals surface area (Å²) in [5.74, 6) is 0.517. The predicted molar refractivity (Wildman–Crippen MR) is 199 cm³/mol. The van der Waals surface area contributed by atoms with Gasteiger partial charge in [0.1, 0.15) is 5.75 Å². The number of hydrogen-bond donors (Lipinski definition) is 3. The lowest BCUT2D eigenvalue weighted by atomic mass is 10.1. The van der Waals surface area contributed by atoms with Gasteiger partial charge in [0, 0.05) is 46.0 Å². The molecule has 0 bridgehead atoms. The van der Waals surface area contributed by atoms with Gasteiger partial charge in [0.15, 0.2) is 11.5 Å². The smallest absolute Gasteiger partial charge is 0.323 e. The van der Waals surface area contributed by atoms with Crippen molar-refractivity contribution < 1.29 is 38.5 Å². The number of methoxy groups -OCH3 is 2. The normalized spacial score (nSPS) is 10.2. The lowest BCUT2D eigenvalue weighted by Gasteiger charge is -2.28. The van der Waals surface area contributed by atoms with Crippen molar-refractivity contribution in [3.8, 4) is 17.2 Å². The van der Waals surface area contributed by atoms with Crippen LogP contribution in [0, 0.1) is 6.92 Å². The Bertz CT molecular complexity index is 1570. The zero-order valence-corrected chi connectivity index (χ0v) is 30.9. The first kappa shape index (κ1) is 41.7. The third-order valence-corrected chi connectivity index (χ3v) is 7.77. The Morgan fingerprint density at radius 3 is 2.02 bits per heavy atom. The second-order valence-electron chi connectivity index (χ2n) is 11.5. The van der Waals surface area contributed by atoms with Crippen molar-refractivity contribution in [1.29, 1.82) is 0 Å². The van der Waals surface area contributed by atoms with E-state index in [9.17, 15) is 24.3 Å². The molecule has 0 heterocycles. The number of carbonyl (C=O) groups excluding carboxylic acids is 3. The van der Waals surface area contributed by atoms with Crippen LogP contribution in [0.1, 0.15) is 44.2 Å². The minimum absolute atomic E-state index is 0.0701. The molecule has 278 valence electrons. The van der Waals surface area contributed by atoms with Crippen molar-refractivity contribution in [3.63, 3.8) is 0 Å². The van der Waals surface area contributed by atoms with Gasteiger partial charge in [-0.1, -0.05) is 50.2 Å². The van der Waals surface area contributed by atoms with Crippen molar-refractivity contribution >= 4 is 35.3 Å². The van der Waals surface area contributed by atoms with Crippen LogP contribution in [0.3, 0.4) is 0 Å². The van der Waals surface area contributed by atoms with Gasteiger partial charge in [0.05, 0.1) is 39.4 Å². The maximum atomic E-state index is 13.2. The van der Waals surface area contributed by atoms with Crippen LogP contribution < -0.4 is 24.8 Å². The molecule has 0 saturated heterocycles. The van der Waals surface area contributed by atoms with E-state index in [4.69, 9.17) is 14.2 Å². The molecule has 0 spiro atoms. The summed E-state index contributed by atoms with van der Waals surface area (Å²) in [5.41, 5.74) is 2.81. The third kappa shape index (κ3) is 14.1. The van der Waals surface area contributed by atoms with Gasteiger partial charge in [-0.15, -0.1) is 0 Å². The van der Waals surface area contributed by atoms with Gasteiger partial charge in [-0.05, 0) is 61.2 Å². The number of para-hydroxylation sites is 3. The van der Waals surface area contributed by atoms with Crippen LogP contribution in [-0.4, -0.2) is 105 Å². The van der Waals surface area contributed by atoms with Gasteiger partial charge in [0.25, 0.3) is 0 Å². The number of aliphatic carboxylic acids is 1. The molecule has 3 aromatic rings. The number of ether oxygens (including phenoxy) is 3. The summed E-state index contributed by atoms with van der Waals surface area (Å²) in [6.07, 6.45) is 0.969. The van der Waals surface area contributed by atoms with Crippen LogP contribution in [0.4, 0.5) is 21.0 Å². The molecule has 0 aliphatic carbocycles. The van der Waals surface area contributed by atoms with Crippen molar-refractivity contribution in [2.24, 2.45) is 0 Å². The fourth-order valence-electron chi connectivity index (χ4n) is 4.96. The molecule has 0 aliphatic heterocycles. The summed E-state index contributed by atoms with van der Waals surface area (Å²) in [6, 6.07) is 19.2. The molecule has 3 rings (SSSR count). The standard InChI is InChI=1S/C36H47N5O8.C2H6/c1-26-12-6-7-13-28(26)37-35(45)38-29-17-16-27(24-32(29)48-5)25-33(42)39(2)19-10-20-40(3)36(46)41(22-18-34(43)44)21-11-23-49-31-15-9-8-14-30(31)47-4;1-2/h6-9,12-17,24H,10-11,18-23,25H2,1-5H3,(H,43,44)(H2,37,38,45);1-2H3. The Balaban J connectivity index is 0.00000442. The van der Waals surface area contributed by atoms with E-state index in [1.807, 2.05) is 57.2 Å². The summed E-state index contributed by atoms with van der Waals surface area (Å²) in [6.45, 7) is 7.40. The molecule has 0 radical (unpaired) electrons. The number of carboxylic acid groups (broad SMARTS) is 1. The SMILES string of the molecule is CC.COc1cc(CC(=O)N(C)CCCN(C)C(=O)N(CCCOc2ccccc2OC)CCC(=O)O)ccc1NC(=O)Nc1ccccc1C. The molecule has 3 aromatic carbocycles. The highest BCUT2D eigenvalue weighted by molar-refractivity contribution is 6.01. The average Bonchev–Trinajstić information content (AvgIpc) is 3.13. The maximum Gasteiger partial charge on any atom is 0.323 e. The number of likely N-dealkylation sites (N-methyl/N-ethyl adjacent to an activating group) is 1. The van der Waals surface area contributed by atoms with Gasteiger partial charge in [0.2, 0.25) is 5.91 Å². The second-order valence-corrected chi connectivity index (χ2v) is 11.5. The Hall–Kier alpha value is -5.46. The van der Waals surface area contributed by atoms with E-state index >= 15 is 0 Å². The summed E-state index contributed by atoms with van der Waals surface area (Å²) in [4.78, 5) is 54.7. The van der Waals surface area contributed by atoms with Crippen LogP contribution in [0.25, 0.3) is 0 Å². The van der Waals surface area contributed by atoms with Crippen molar-refractivity contribution in [2.75, 3.05) is 71.7 Å². The highest BCUT2D eigenvalue weighted by atomic mass is 16.5. The number of rotatable bonds is 18. The van der Waals surface area contributed by atoms with E-state index in [1.54, 1.807) is 56.4 Å². The van der Waals surface area contributed by atoms with Crippen molar-refractivity contribution in [2.45, 2.75) is 46.5 Å². The van der Waals surface area contributed by atoms with Crippen LogP contribution >= 0.6 is 0 Å². The minimum Gasteiger partial charge on any atom is -0.495 e. The molecule has 0 atom stereocenters. The fraction of sp³-hybridized carbons (Fsp3) is 0.421. The van der Waals surface area contributed by atoms with Crippen LogP contribution in [0.2, 0.25) is 0 Å². The van der Waals surface area contributed by atoms with Gasteiger partial charge >= 0.3 is 18.0 Å². The van der Waals surface area contributed by atoms with E-state index in [0.29, 0.717) is 67.7 Å². The monoisotopic (exact) mass is 707 g/mol. The molecule has 0 aliphatic rings. The van der Waals surface area contributed by atoms with E-state index in [0.717, 1.165) is 11.1 Å². The number of urea groups is 2. The molecular formula is C38H53N5O8. The maximum absolute atomic E-state index is 13.2. The van der Waals surface area contributed by atoms with E-state index in [-0.39, 0.29) is 31.3 Å². The van der Waals surface area contributed by atoms with Gasteiger partial charge < -0.3 is 44.7 Å². The average molecular weight is 708 g/mol. The molecule has 13 nitrogen and oxygen atoms in total. The number of carbonyl (C=O) groups is 4. The molecule has 0 saturated carbocycles. The molecule has 51 heavy (non-hydrogen) atoms. The number of nitrogens with zero attached hydrogens (tertiary/aromatic N) is 3. The zero-order chi connectivity index (χ0) is 37.8. The summed E-state index contributed by atoms with van der Waals surface area (Å²) in [7, 11) is 6.42. The van der Waals surface area contributed by atoms with Crippen molar-refractivity contribution in [1.82, 2.24) is 14.7 Å².